The van der Waals surface area contributed by atoms with E-state index in [0.717, 1.165) is 0 Å². The van der Waals surface area contributed by atoms with Gasteiger partial charge in [0.15, 0.2) is 0 Å². The molecule has 29 heavy (non-hydrogen) atoms. The van der Waals surface area contributed by atoms with Crippen molar-refractivity contribution in [2.75, 3.05) is 6.54 Å². The SMILES string of the molecule is CC(C)C(N)C(=O)NCC(=O)NC(CCC(=O)O)C(=O)NC(CC(=O)O)C(=O)O. The molecule has 0 aliphatic rings. The normalized spacial score (nSPS) is 13.7. The molecule has 0 aromatic heterocycles. The van der Waals surface area contributed by atoms with E-state index in [-0.39, 0.29) is 12.3 Å². The average Bonchev–Trinajstić information content (AvgIpc) is 2.60. The molecule has 164 valence electrons. The maximum absolute atomic E-state index is 12.2. The van der Waals surface area contributed by atoms with Gasteiger partial charge in [-0.25, -0.2) is 4.79 Å². The molecule has 13 nitrogen and oxygen atoms in total. The van der Waals surface area contributed by atoms with Crippen LogP contribution in [-0.4, -0.2) is 75.6 Å². The van der Waals surface area contributed by atoms with E-state index in [1.807, 2.05) is 5.32 Å². The van der Waals surface area contributed by atoms with Crippen LogP contribution in [0.4, 0.5) is 0 Å². The second kappa shape index (κ2) is 12.3. The number of carbonyl (C=O) groups is 6. The van der Waals surface area contributed by atoms with E-state index in [9.17, 15) is 28.8 Å². The largest absolute Gasteiger partial charge is 0.481 e. The van der Waals surface area contributed by atoms with E-state index in [1.165, 1.54) is 0 Å². The van der Waals surface area contributed by atoms with Crippen LogP contribution in [0.5, 0.6) is 0 Å². The molecule has 0 fully saturated rings. The third-order valence-corrected chi connectivity index (χ3v) is 3.74. The van der Waals surface area contributed by atoms with Gasteiger partial charge in [-0.05, 0) is 12.3 Å². The lowest BCUT2D eigenvalue weighted by molar-refractivity contribution is -0.147. The van der Waals surface area contributed by atoms with Crippen molar-refractivity contribution in [2.24, 2.45) is 11.7 Å². The molecule has 0 saturated heterocycles. The molecule has 0 spiro atoms. The van der Waals surface area contributed by atoms with Gasteiger partial charge in [-0.15, -0.1) is 0 Å². The number of nitrogens with one attached hydrogen (secondary N) is 3. The molecule has 3 amide bonds. The van der Waals surface area contributed by atoms with E-state index in [1.54, 1.807) is 13.8 Å². The van der Waals surface area contributed by atoms with Gasteiger partial charge in [0, 0.05) is 6.42 Å². The summed E-state index contributed by atoms with van der Waals surface area (Å²) in [6.45, 7) is 2.85. The Morgan fingerprint density at radius 2 is 1.45 bits per heavy atom. The van der Waals surface area contributed by atoms with Crippen LogP contribution in [0, 0.1) is 5.92 Å². The van der Waals surface area contributed by atoms with Crippen molar-refractivity contribution in [3.8, 4) is 0 Å². The maximum Gasteiger partial charge on any atom is 0.326 e. The Morgan fingerprint density at radius 3 is 1.90 bits per heavy atom. The highest BCUT2D eigenvalue weighted by atomic mass is 16.4. The Labute approximate surface area is 166 Å². The van der Waals surface area contributed by atoms with Crippen molar-refractivity contribution >= 4 is 35.6 Å². The fourth-order valence-corrected chi connectivity index (χ4v) is 2.02. The summed E-state index contributed by atoms with van der Waals surface area (Å²) in [5, 5.41) is 32.8. The summed E-state index contributed by atoms with van der Waals surface area (Å²) >= 11 is 0. The fraction of sp³-hybridized carbons (Fsp3) is 0.625. The van der Waals surface area contributed by atoms with Crippen molar-refractivity contribution in [2.45, 2.75) is 51.2 Å². The average molecular weight is 418 g/mol. The fourth-order valence-electron chi connectivity index (χ4n) is 2.02. The molecule has 0 aliphatic carbocycles. The van der Waals surface area contributed by atoms with Crippen molar-refractivity contribution in [3.05, 3.63) is 0 Å². The summed E-state index contributed by atoms with van der Waals surface area (Å²) in [7, 11) is 0. The first-order valence-corrected chi connectivity index (χ1v) is 8.64. The molecule has 0 rings (SSSR count). The van der Waals surface area contributed by atoms with Gasteiger partial charge in [-0.3, -0.25) is 24.0 Å². The summed E-state index contributed by atoms with van der Waals surface area (Å²) in [5.41, 5.74) is 5.62. The highest BCUT2D eigenvalue weighted by molar-refractivity contribution is 5.93. The van der Waals surface area contributed by atoms with E-state index in [0.29, 0.717) is 0 Å². The summed E-state index contributed by atoms with van der Waals surface area (Å²) < 4.78 is 0. The number of rotatable bonds is 13. The molecular formula is C16H26N4O9. The van der Waals surface area contributed by atoms with Crippen LogP contribution in [0.25, 0.3) is 0 Å². The van der Waals surface area contributed by atoms with Gasteiger partial charge in [0.05, 0.1) is 19.0 Å². The van der Waals surface area contributed by atoms with Crippen LogP contribution in [0.2, 0.25) is 0 Å². The number of amides is 3. The Kier molecular flexibility index (Phi) is 10.9. The first-order chi connectivity index (χ1) is 13.3. The molecule has 0 saturated carbocycles. The van der Waals surface area contributed by atoms with Crippen LogP contribution in [-0.2, 0) is 28.8 Å². The molecule has 3 atom stereocenters. The van der Waals surface area contributed by atoms with Gasteiger partial charge in [0.2, 0.25) is 17.7 Å². The van der Waals surface area contributed by atoms with Gasteiger partial charge >= 0.3 is 17.9 Å². The zero-order chi connectivity index (χ0) is 22.7. The number of nitrogens with two attached hydrogens (primary N) is 1. The lowest BCUT2D eigenvalue weighted by Crippen LogP contribution is -2.54. The van der Waals surface area contributed by atoms with E-state index < -0.39 is 73.1 Å². The number of carbonyl (C=O) groups excluding carboxylic acids is 3. The van der Waals surface area contributed by atoms with Crippen LogP contribution < -0.4 is 21.7 Å². The van der Waals surface area contributed by atoms with Crippen molar-refractivity contribution in [3.63, 3.8) is 0 Å². The molecule has 0 bridgehead atoms. The Bertz CT molecular complexity index is 650. The number of carboxylic acids is 3. The zero-order valence-electron chi connectivity index (χ0n) is 16.0. The molecule has 0 aromatic carbocycles. The van der Waals surface area contributed by atoms with Crippen molar-refractivity contribution in [1.29, 1.82) is 0 Å². The van der Waals surface area contributed by atoms with Gasteiger partial charge in [-0.1, -0.05) is 13.8 Å². The summed E-state index contributed by atoms with van der Waals surface area (Å²) in [6.07, 6.45) is -1.82. The number of carboxylic acid groups (broad SMARTS) is 3. The van der Waals surface area contributed by atoms with Gasteiger partial charge in [0.25, 0.3) is 0 Å². The van der Waals surface area contributed by atoms with Crippen molar-refractivity contribution in [1.82, 2.24) is 16.0 Å². The molecule has 0 aliphatic heterocycles. The third-order valence-electron chi connectivity index (χ3n) is 3.74. The third kappa shape index (κ3) is 10.6. The van der Waals surface area contributed by atoms with Crippen molar-refractivity contribution < 1.29 is 44.1 Å². The second-order valence-corrected chi connectivity index (χ2v) is 6.54. The van der Waals surface area contributed by atoms with E-state index in [4.69, 9.17) is 21.1 Å². The minimum Gasteiger partial charge on any atom is -0.481 e. The molecule has 8 N–H and O–H groups in total. The maximum atomic E-state index is 12.2. The molecule has 0 heterocycles. The molecule has 3 unspecified atom stereocenters. The number of hydrogen-bond acceptors (Lipinski definition) is 7. The minimum absolute atomic E-state index is 0.186. The van der Waals surface area contributed by atoms with Gasteiger partial charge < -0.3 is 37.0 Å². The van der Waals surface area contributed by atoms with Crippen LogP contribution >= 0.6 is 0 Å². The Hall–Kier alpha value is -3.22. The summed E-state index contributed by atoms with van der Waals surface area (Å²) in [6, 6.07) is -4.08. The van der Waals surface area contributed by atoms with Crippen LogP contribution in [0.1, 0.15) is 33.1 Å². The lowest BCUT2D eigenvalue weighted by Gasteiger charge is -2.21. The summed E-state index contributed by atoms with van der Waals surface area (Å²) in [4.78, 5) is 68.5. The minimum atomic E-state index is -1.77. The van der Waals surface area contributed by atoms with Gasteiger partial charge in [-0.2, -0.15) is 0 Å². The Balaban J connectivity index is 5.02. The molecular weight excluding hydrogens is 392 g/mol. The lowest BCUT2D eigenvalue weighted by atomic mass is 10.1. The predicted octanol–water partition coefficient (Wildman–Crippen LogP) is -2.52. The highest BCUT2D eigenvalue weighted by Gasteiger charge is 2.28. The number of aliphatic carboxylic acids is 3. The topological polar surface area (TPSA) is 225 Å². The monoisotopic (exact) mass is 418 g/mol. The summed E-state index contributed by atoms with van der Waals surface area (Å²) in [5.74, 6) is -7.06. The van der Waals surface area contributed by atoms with Gasteiger partial charge in [0.1, 0.15) is 12.1 Å². The first-order valence-electron chi connectivity index (χ1n) is 8.64. The van der Waals surface area contributed by atoms with E-state index in [2.05, 4.69) is 10.6 Å². The molecule has 0 aromatic rings. The zero-order valence-corrected chi connectivity index (χ0v) is 16.0. The highest BCUT2D eigenvalue weighted by Crippen LogP contribution is 2.02. The predicted molar refractivity (Wildman–Crippen MR) is 96.4 cm³/mol. The smallest absolute Gasteiger partial charge is 0.326 e. The standard InChI is InChI=1S/C16H26N4O9/c1-7(2)13(17)15(27)18-6-10(21)19-8(3-4-11(22)23)14(26)20-9(16(28)29)5-12(24)25/h7-9,13H,3-6,17H2,1-2H3,(H,18,27)(H,19,21)(H,20,26)(H,22,23)(H,24,25)(H,28,29). The van der Waals surface area contributed by atoms with E-state index >= 15 is 0 Å². The Morgan fingerprint density at radius 1 is 0.862 bits per heavy atom. The second-order valence-electron chi connectivity index (χ2n) is 6.54. The quantitative estimate of drug-likeness (QED) is 0.166. The van der Waals surface area contributed by atoms with Crippen LogP contribution in [0.15, 0.2) is 0 Å². The number of hydrogen-bond donors (Lipinski definition) is 7. The first kappa shape index (κ1) is 25.8. The van der Waals surface area contributed by atoms with Crippen LogP contribution in [0.3, 0.4) is 0 Å². The molecule has 13 heteroatoms. The molecule has 0 radical (unpaired) electrons.